The number of hydrogen-bond donors (Lipinski definition) is 1. The minimum atomic E-state index is -4.42. The van der Waals surface area contributed by atoms with Crippen LogP contribution in [0.5, 0.6) is 0 Å². The molecule has 1 aliphatic rings. The summed E-state index contributed by atoms with van der Waals surface area (Å²) in [5.41, 5.74) is 0. The molecule has 3 unspecified atom stereocenters. The highest BCUT2D eigenvalue weighted by Crippen LogP contribution is 2.43. The number of esters is 2. The summed E-state index contributed by atoms with van der Waals surface area (Å²) >= 11 is 0. The third-order valence-electron chi connectivity index (χ3n) is 9.52. The van der Waals surface area contributed by atoms with Gasteiger partial charge in [0.05, 0.1) is 40.0 Å². The number of ether oxygens (including phenoxy) is 3. The third-order valence-corrected chi connectivity index (χ3v) is 10.5. The summed E-state index contributed by atoms with van der Waals surface area (Å²) in [6, 6.07) is 0. The van der Waals surface area contributed by atoms with Crippen LogP contribution in [0.2, 0.25) is 0 Å². The number of carbonyl (C=O) groups excluding carboxylic acids is 2. The number of hydrogen-bond acceptors (Lipinski definition) is 8. The molecular formula is C50H83NO9P+. The highest BCUT2D eigenvalue weighted by molar-refractivity contribution is 7.47. The molecular weight excluding hydrogens is 790 g/mol. The van der Waals surface area contributed by atoms with Crippen LogP contribution in [-0.4, -0.2) is 87.1 Å². The first-order valence-corrected chi connectivity index (χ1v) is 24.6. The van der Waals surface area contributed by atoms with Crippen molar-refractivity contribution in [3.8, 4) is 0 Å². The Morgan fingerprint density at radius 3 is 1.70 bits per heavy atom. The fraction of sp³-hybridized carbons (Fsp3) is 0.640. The Kier molecular flexibility index (Phi) is 34.3. The minimum Gasteiger partial charge on any atom is -0.462 e. The molecule has 1 aliphatic heterocycles. The van der Waals surface area contributed by atoms with Gasteiger partial charge in [-0.05, 0) is 96.3 Å². The molecule has 61 heavy (non-hydrogen) atoms. The molecule has 10 nitrogen and oxygen atoms in total. The molecule has 0 amide bonds. The molecule has 346 valence electrons. The van der Waals surface area contributed by atoms with Gasteiger partial charge in [0.1, 0.15) is 19.8 Å². The van der Waals surface area contributed by atoms with E-state index in [9.17, 15) is 19.0 Å². The van der Waals surface area contributed by atoms with Gasteiger partial charge in [-0.2, -0.15) is 0 Å². The molecule has 0 radical (unpaired) electrons. The number of allylic oxidation sites excluding steroid dienone is 15. The lowest BCUT2D eigenvalue weighted by Gasteiger charge is -2.24. The van der Waals surface area contributed by atoms with Crippen molar-refractivity contribution in [1.29, 1.82) is 0 Å². The predicted octanol–water partition coefficient (Wildman–Crippen LogP) is 12.3. The van der Waals surface area contributed by atoms with Crippen LogP contribution in [0.1, 0.15) is 142 Å². The van der Waals surface area contributed by atoms with Crippen molar-refractivity contribution < 1.29 is 46.8 Å². The van der Waals surface area contributed by atoms with E-state index < -0.39 is 32.5 Å². The summed E-state index contributed by atoms with van der Waals surface area (Å²) < 4.78 is 40.1. The van der Waals surface area contributed by atoms with Gasteiger partial charge in [0.25, 0.3) is 0 Å². The van der Waals surface area contributed by atoms with Gasteiger partial charge in [-0.25, -0.2) is 4.57 Å². The quantitative estimate of drug-likeness (QED) is 0.0161. The zero-order chi connectivity index (χ0) is 44.7. The van der Waals surface area contributed by atoms with Crippen molar-refractivity contribution in [2.75, 3.05) is 47.5 Å². The molecule has 0 spiro atoms. The van der Waals surface area contributed by atoms with Crippen LogP contribution in [0, 0.1) is 0 Å². The summed E-state index contributed by atoms with van der Waals surface area (Å²) in [4.78, 5) is 35.5. The van der Waals surface area contributed by atoms with Crippen LogP contribution >= 0.6 is 7.82 Å². The van der Waals surface area contributed by atoms with Gasteiger partial charge in [-0.1, -0.05) is 130 Å². The van der Waals surface area contributed by atoms with Crippen molar-refractivity contribution in [3.05, 3.63) is 97.2 Å². The van der Waals surface area contributed by atoms with E-state index in [0.717, 1.165) is 83.5 Å². The Balaban J connectivity index is 2.36. The smallest absolute Gasteiger partial charge is 0.462 e. The van der Waals surface area contributed by atoms with Gasteiger partial charge in [0.2, 0.25) is 0 Å². The molecule has 0 aromatic heterocycles. The number of carbonyl (C=O) groups is 2. The van der Waals surface area contributed by atoms with Crippen molar-refractivity contribution in [2.45, 2.75) is 161 Å². The first-order chi connectivity index (χ1) is 29.5. The van der Waals surface area contributed by atoms with E-state index >= 15 is 0 Å². The first kappa shape index (κ1) is 55.9. The van der Waals surface area contributed by atoms with Crippen LogP contribution in [0.25, 0.3) is 0 Å². The van der Waals surface area contributed by atoms with Crippen molar-refractivity contribution in [3.63, 3.8) is 0 Å². The van der Waals surface area contributed by atoms with Crippen LogP contribution in [0.3, 0.4) is 0 Å². The summed E-state index contributed by atoms with van der Waals surface area (Å²) in [6.07, 6.45) is 51.9. The molecule has 0 aromatic carbocycles. The zero-order valence-corrected chi connectivity index (χ0v) is 39.4. The molecule has 0 bridgehead atoms. The Bertz CT molecular complexity index is 1420. The number of quaternary nitrogens is 1. The number of phosphoric ester groups is 1. The summed E-state index contributed by atoms with van der Waals surface area (Å²) in [7, 11) is 1.39. The number of unbranched alkanes of at least 4 members (excludes halogenated alkanes) is 6. The second kappa shape index (κ2) is 37.4. The number of nitrogens with zero attached hydrogens (tertiary/aromatic N) is 1. The van der Waals surface area contributed by atoms with E-state index in [1.165, 1.54) is 19.3 Å². The van der Waals surface area contributed by atoms with E-state index in [-0.39, 0.29) is 38.3 Å². The first-order valence-electron chi connectivity index (χ1n) is 23.1. The number of phosphoric acid groups is 1. The summed E-state index contributed by atoms with van der Waals surface area (Å²) in [6.45, 7) is 4.13. The Hall–Kier alpha value is -3.11. The lowest BCUT2D eigenvalue weighted by molar-refractivity contribution is -0.870. The highest BCUT2D eigenvalue weighted by atomic mass is 31.2. The fourth-order valence-electron chi connectivity index (χ4n) is 5.83. The van der Waals surface area contributed by atoms with Gasteiger partial charge >= 0.3 is 19.8 Å². The number of likely N-dealkylation sites (N-methyl/N-ethyl adjacent to an activating group) is 1. The van der Waals surface area contributed by atoms with Crippen molar-refractivity contribution in [2.24, 2.45) is 0 Å². The lowest BCUT2D eigenvalue weighted by atomic mass is 10.1. The molecule has 0 aliphatic carbocycles. The van der Waals surface area contributed by atoms with Crippen molar-refractivity contribution in [1.82, 2.24) is 0 Å². The maximum Gasteiger partial charge on any atom is 0.472 e. The molecule has 1 rings (SSSR count). The molecule has 1 fully saturated rings. The van der Waals surface area contributed by atoms with E-state index in [4.69, 9.17) is 23.3 Å². The van der Waals surface area contributed by atoms with Crippen LogP contribution in [0.15, 0.2) is 97.2 Å². The lowest BCUT2D eigenvalue weighted by Crippen LogP contribution is -2.37. The summed E-state index contributed by atoms with van der Waals surface area (Å²) in [5.74, 6) is -0.923. The van der Waals surface area contributed by atoms with Crippen LogP contribution in [0.4, 0.5) is 0 Å². The second-order valence-corrected chi connectivity index (χ2v) is 17.9. The third kappa shape index (κ3) is 38.3. The monoisotopic (exact) mass is 873 g/mol. The standard InChI is InChI=1S/C50H82NO9P/c1-6-8-10-12-14-16-18-20-21-22-23-24-25-26-28-30-32-34-36-40-50(53)59-46(45-58-61(54,55)57-43-42-51(3,4)5)44-56-49(52)41-37-39-48-47(60-48)38-35-33-31-29-27-19-17-15-13-11-9-7-2/h8,10,14-17,20-21,23-24,26-29,33,35,46-48H,6-7,9,11-13,18-19,22,25,30-32,34,36-45H2,1-5H3/p+1/b10-8-,16-14-,17-15-,21-20-,24-23-,28-26-,29-27-,35-33-/t46-,47?,48?/m1/s1. The SMILES string of the molecule is CC/C=C\C/C=C\C/C=C\C/C=C\C/C=C\CCCCCC(=O)O[C@H](COC(=O)CCCC1OC1C/C=C\C/C=C\C/C=C\CCCCC)COP(=O)(O)OCC[N+](C)(C)C. The fourth-order valence-corrected chi connectivity index (χ4v) is 6.57. The molecule has 4 atom stereocenters. The predicted molar refractivity (Wildman–Crippen MR) is 251 cm³/mol. The average Bonchev–Trinajstić information content (AvgIpc) is 3.97. The number of rotatable bonds is 39. The minimum absolute atomic E-state index is 0.00685. The zero-order valence-electron chi connectivity index (χ0n) is 38.5. The molecule has 1 saturated heterocycles. The normalized spacial score (nSPS) is 17.7. The van der Waals surface area contributed by atoms with E-state index in [2.05, 4.69) is 111 Å². The Morgan fingerprint density at radius 2 is 1.15 bits per heavy atom. The van der Waals surface area contributed by atoms with E-state index in [0.29, 0.717) is 23.9 Å². The molecule has 1 heterocycles. The molecule has 11 heteroatoms. The van der Waals surface area contributed by atoms with Crippen LogP contribution < -0.4 is 0 Å². The van der Waals surface area contributed by atoms with E-state index in [1.54, 1.807) is 0 Å². The molecule has 1 N–H and O–H groups in total. The van der Waals surface area contributed by atoms with E-state index in [1.807, 2.05) is 21.1 Å². The Labute approximate surface area is 370 Å². The average molecular weight is 873 g/mol. The Morgan fingerprint density at radius 1 is 0.623 bits per heavy atom. The van der Waals surface area contributed by atoms with Gasteiger partial charge < -0.3 is 23.6 Å². The topological polar surface area (TPSA) is 121 Å². The van der Waals surface area contributed by atoms with Gasteiger partial charge in [0.15, 0.2) is 6.10 Å². The van der Waals surface area contributed by atoms with Gasteiger partial charge in [-0.15, -0.1) is 0 Å². The number of epoxide rings is 1. The van der Waals surface area contributed by atoms with Gasteiger partial charge in [0, 0.05) is 12.8 Å². The molecule has 0 saturated carbocycles. The molecule has 0 aromatic rings. The van der Waals surface area contributed by atoms with Gasteiger partial charge in [-0.3, -0.25) is 18.6 Å². The largest absolute Gasteiger partial charge is 0.472 e. The summed E-state index contributed by atoms with van der Waals surface area (Å²) in [5, 5.41) is 0. The van der Waals surface area contributed by atoms with Crippen molar-refractivity contribution >= 4 is 19.8 Å². The maximum absolute atomic E-state index is 12.7. The maximum atomic E-state index is 12.7. The second-order valence-electron chi connectivity index (χ2n) is 16.4. The highest BCUT2D eigenvalue weighted by Gasteiger charge is 2.36. The van der Waals surface area contributed by atoms with Crippen LogP contribution in [-0.2, 0) is 37.4 Å².